The Hall–Kier alpha value is -1.10. The molecule has 1 N–H and O–H groups in total. The van der Waals surface area contributed by atoms with Crippen molar-refractivity contribution in [2.45, 2.75) is 45.8 Å². The van der Waals surface area contributed by atoms with Crippen molar-refractivity contribution in [3.8, 4) is 0 Å². The van der Waals surface area contributed by atoms with Gasteiger partial charge in [-0.2, -0.15) is 0 Å². The highest BCUT2D eigenvalue weighted by Crippen LogP contribution is 2.33. The first-order valence-electron chi connectivity index (χ1n) is 7.86. The van der Waals surface area contributed by atoms with Gasteiger partial charge in [0.25, 0.3) is 0 Å². The first kappa shape index (κ1) is 14.8. The summed E-state index contributed by atoms with van der Waals surface area (Å²) in [6.07, 6.45) is 2.32. The molecule has 4 heteroatoms. The van der Waals surface area contributed by atoms with Gasteiger partial charge in [0.15, 0.2) is 0 Å². The second-order valence-electron chi connectivity index (χ2n) is 5.74. The molecule has 0 amide bonds. The van der Waals surface area contributed by atoms with Crippen molar-refractivity contribution in [1.82, 2.24) is 10.2 Å². The third kappa shape index (κ3) is 3.39. The molecule has 3 heterocycles. The summed E-state index contributed by atoms with van der Waals surface area (Å²) in [6.45, 7) is 8.38. The van der Waals surface area contributed by atoms with Crippen LogP contribution in [0.25, 0.3) is 0 Å². The molecule has 0 aromatic carbocycles. The van der Waals surface area contributed by atoms with Crippen molar-refractivity contribution in [2.24, 2.45) is 0 Å². The van der Waals surface area contributed by atoms with Crippen LogP contribution >= 0.6 is 11.3 Å². The highest BCUT2D eigenvalue weighted by atomic mass is 32.1. The molecule has 0 fully saturated rings. The van der Waals surface area contributed by atoms with Gasteiger partial charge in [-0.3, -0.25) is 4.90 Å². The number of nitrogens with one attached hydrogen (secondary N) is 1. The van der Waals surface area contributed by atoms with Gasteiger partial charge in [-0.1, -0.05) is 6.92 Å². The van der Waals surface area contributed by atoms with Crippen LogP contribution in [0.15, 0.2) is 28.0 Å². The lowest BCUT2D eigenvalue weighted by Gasteiger charge is -2.32. The summed E-state index contributed by atoms with van der Waals surface area (Å²) in [7, 11) is 0. The van der Waals surface area contributed by atoms with Gasteiger partial charge in [-0.15, -0.1) is 11.3 Å². The molecule has 3 rings (SSSR count). The molecule has 2 aromatic heterocycles. The summed E-state index contributed by atoms with van der Waals surface area (Å²) >= 11 is 1.89. The highest BCUT2D eigenvalue weighted by Gasteiger charge is 2.25. The van der Waals surface area contributed by atoms with Crippen molar-refractivity contribution in [2.75, 3.05) is 13.1 Å². The molecule has 1 unspecified atom stereocenters. The number of hydrogen-bond acceptors (Lipinski definition) is 4. The first-order valence-corrected chi connectivity index (χ1v) is 8.74. The molecule has 114 valence electrons. The van der Waals surface area contributed by atoms with Gasteiger partial charge in [0.2, 0.25) is 0 Å². The van der Waals surface area contributed by atoms with Gasteiger partial charge in [0.1, 0.15) is 11.5 Å². The maximum Gasteiger partial charge on any atom is 0.118 e. The normalized spacial score (nSPS) is 18.9. The molecular weight excluding hydrogens is 280 g/mol. The van der Waals surface area contributed by atoms with Gasteiger partial charge >= 0.3 is 0 Å². The Morgan fingerprint density at radius 1 is 1.33 bits per heavy atom. The van der Waals surface area contributed by atoms with E-state index in [4.69, 9.17) is 4.42 Å². The molecule has 1 aliphatic heterocycles. The average molecular weight is 304 g/mol. The summed E-state index contributed by atoms with van der Waals surface area (Å²) in [6, 6.07) is 6.99. The Bertz CT molecular complexity index is 575. The monoisotopic (exact) mass is 304 g/mol. The van der Waals surface area contributed by atoms with Crippen molar-refractivity contribution < 1.29 is 4.42 Å². The lowest BCUT2D eigenvalue weighted by Crippen LogP contribution is -2.32. The van der Waals surface area contributed by atoms with Crippen LogP contribution in [0.2, 0.25) is 0 Å². The van der Waals surface area contributed by atoms with E-state index in [0.29, 0.717) is 6.04 Å². The Morgan fingerprint density at radius 3 is 3.05 bits per heavy atom. The Morgan fingerprint density at radius 2 is 2.19 bits per heavy atom. The number of fused-ring (bicyclic) bond motifs is 1. The molecule has 1 aliphatic rings. The van der Waals surface area contributed by atoms with Gasteiger partial charge < -0.3 is 9.73 Å². The Labute approximate surface area is 131 Å². The fraction of sp³-hybridized carbons (Fsp3) is 0.529. The number of furan rings is 1. The number of hydrogen-bond donors (Lipinski definition) is 1. The minimum absolute atomic E-state index is 0.492. The molecule has 0 spiro atoms. The van der Waals surface area contributed by atoms with E-state index < -0.39 is 0 Å². The molecule has 0 saturated heterocycles. The predicted molar refractivity (Wildman–Crippen MR) is 87.6 cm³/mol. The molecule has 2 aromatic rings. The zero-order chi connectivity index (χ0) is 14.7. The third-order valence-corrected chi connectivity index (χ3v) is 5.20. The van der Waals surface area contributed by atoms with Gasteiger partial charge in [0, 0.05) is 17.5 Å². The smallest absolute Gasteiger partial charge is 0.118 e. The van der Waals surface area contributed by atoms with Crippen molar-refractivity contribution in [3.05, 3.63) is 45.5 Å². The summed E-state index contributed by atoms with van der Waals surface area (Å²) in [5.41, 5.74) is 1.50. The van der Waals surface area contributed by atoms with Crippen molar-refractivity contribution in [3.63, 3.8) is 0 Å². The molecule has 21 heavy (non-hydrogen) atoms. The number of thiophene rings is 1. The number of nitrogens with zero attached hydrogens (tertiary/aromatic N) is 1. The molecule has 0 aliphatic carbocycles. The number of rotatable bonds is 6. The third-order valence-electron chi connectivity index (χ3n) is 4.21. The van der Waals surface area contributed by atoms with E-state index in [0.717, 1.165) is 44.1 Å². The van der Waals surface area contributed by atoms with E-state index in [1.165, 1.54) is 12.0 Å². The Balaban J connectivity index is 1.60. The molecule has 0 radical (unpaired) electrons. The summed E-state index contributed by atoms with van der Waals surface area (Å²) in [5, 5.41) is 5.60. The lowest BCUT2D eigenvalue weighted by molar-refractivity contribution is 0.175. The first-order chi connectivity index (χ1) is 10.3. The predicted octanol–water partition coefficient (Wildman–Crippen LogP) is 3.96. The Kier molecular flexibility index (Phi) is 4.78. The molecular formula is C17H24N2OS. The van der Waals surface area contributed by atoms with Gasteiger partial charge in [-0.25, -0.2) is 0 Å². The molecule has 3 nitrogen and oxygen atoms in total. The lowest BCUT2D eigenvalue weighted by atomic mass is 10.0. The summed E-state index contributed by atoms with van der Waals surface area (Å²) < 4.78 is 5.95. The quantitative estimate of drug-likeness (QED) is 0.819. The molecule has 0 bridgehead atoms. The van der Waals surface area contributed by atoms with E-state index in [1.807, 2.05) is 11.3 Å². The summed E-state index contributed by atoms with van der Waals surface area (Å²) in [4.78, 5) is 4.07. The zero-order valence-corrected chi connectivity index (χ0v) is 13.7. The second kappa shape index (κ2) is 6.77. The minimum atomic E-state index is 0.492. The fourth-order valence-electron chi connectivity index (χ4n) is 2.97. The van der Waals surface area contributed by atoms with E-state index >= 15 is 0 Å². The van der Waals surface area contributed by atoms with Crippen LogP contribution in [0.3, 0.4) is 0 Å². The maximum absolute atomic E-state index is 5.95. The van der Waals surface area contributed by atoms with Gasteiger partial charge in [0.05, 0.1) is 13.1 Å². The topological polar surface area (TPSA) is 28.4 Å². The van der Waals surface area contributed by atoms with Crippen LogP contribution in [-0.2, 0) is 19.5 Å². The zero-order valence-electron chi connectivity index (χ0n) is 12.9. The summed E-state index contributed by atoms with van der Waals surface area (Å²) in [5.74, 6) is 2.12. The van der Waals surface area contributed by atoms with Gasteiger partial charge in [-0.05, 0) is 55.5 Å². The average Bonchev–Trinajstić information content (AvgIpc) is 3.12. The van der Waals surface area contributed by atoms with Crippen LogP contribution in [0.1, 0.15) is 48.3 Å². The fourth-order valence-corrected chi connectivity index (χ4v) is 3.93. The maximum atomic E-state index is 5.95. The van der Waals surface area contributed by atoms with E-state index in [2.05, 4.69) is 47.6 Å². The van der Waals surface area contributed by atoms with E-state index in [9.17, 15) is 0 Å². The molecule has 0 saturated carbocycles. The second-order valence-corrected chi connectivity index (χ2v) is 6.74. The van der Waals surface area contributed by atoms with E-state index in [1.54, 1.807) is 4.88 Å². The standard InChI is InChI=1S/C17H24N2OS/c1-3-8-18-11-14-4-5-15(20-14)12-19-9-6-17-16(13(19)2)7-10-21-17/h4-5,7,10,13,18H,3,6,8-9,11-12H2,1-2H3. The van der Waals surface area contributed by atoms with Crippen LogP contribution in [0.4, 0.5) is 0 Å². The van der Waals surface area contributed by atoms with Crippen LogP contribution in [0.5, 0.6) is 0 Å². The van der Waals surface area contributed by atoms with Crippen LogP contribution in [-0.4, -0.2) is 18.0 Å². The minimum Gasteiger partial charge on any atom is -0.463 e. The largest absolute Gasteiger partial charge is 0.463 e. The molecule has 1 atom stereocenters. The van der Waals surface area contributed by atoms with E-state index in [-0.39, 0.29) is 0 Å². The van der Waals surface area contributed by atoms with Crippen molar-refractivity contribution in [1.29, 1.82) is 0 Å². The van der Waals surface area contributed by atoms with Crippen LogP contribution < -0.4 is 5.32 Å². The van der Waals surface area contributed by atoms with Crippen molar-refractivity contribution >= 4 is 11.3 Å². The highest BCUT2D eigenvalue weighted by molar-refractivity contribution is 7.10. The van der Waals surface area contributed by atoms with Crippen LogP contribution in [0, 0.1) is 0 Å². The SMILES string of the molecule is CCCNCc1ccc(CN2CCc3sccc3C2C)o1.